The number of hydroxylamine groups is 2. The van der Waals surface area contributed by atoms with Crippen molar-refractivity contribution >= 4 is 17.8 Å². The van der Waals surface area contributed by atoms with Crippen molar-refractivity contribution in [2.45, 2.75) is 19.1 Å². The van der Waals surface area contributed by atoms with E-state index in [9.17, 15) is 14.4 Å². The quantitative estimate of drug-likeness (QED) is 0.772. The van der Waals surface area contributed by atoms with E-state index in [1.165, 1.54) is 12.1 Å². The first-order valence-electron chi connectivity index (χ1n) is 7.94. The third-order valence-electron chi connectivity index (χ3n) is 4.37. The maximum Gasteiger partial charge on any atom is 0.362 e. The smallest absolute Gasteiger partial charge is 0.362 e. The summed E-state index contributed by atoms with van der Waals surface area (Å²) in [7, 11) is 0. The van der Waals surface area contributed by atoms with Crippen LogP contribution in [0.1, 0.15) is 27.1 Å². The van der Waals surface area contributed by atoms with Gasteiger partial charge in [-0.05, 0) is 24.6 Å². The first-order chi connectivity index (χ1) is 12.1. The summed E-state index contributed by atoms with van der Waals surface area (Å²) in [6.07, 6.45) is 3.28. The Balaban J connectivity index is 1.47. The number of hydrogen-bond acceptors (Lipinski definition) is 6. The summed E-state index contributed by atoms with van der Waals surface area (Å²) >= 11 is 0. The predicted octanol–water partition coefficient (Wildman–Crippen LogP) is 1.04. The predicted molar refractivity (Wildman–Crippen MR) is 83.1 cm³/mol. The average Bonchev–Trinajstić information content (AvgIpc) is 3.34. The van der Waals surface area contributed by atoms with E-state index in [1.807, 2.05) is 0 Å². The van der Waals surface area contributed by atoms with Gasteiger partial charge in [0.2, 0.25) is 0 Å². The number of ether oxygens (including phenoxy) is 1. The van der Waals surface area contributed by atoms with Gasteiger partial charge < -0.3 is 9.57 Å². The molecule has 4 rings (SSSR count). The minimum absolute atomic E-state index is 0.136. The molecule has 25 heavy (non-hydrogen) atoms. The van der Waals surface area contributed by atoms with Crippen LogP contribution < -0.4 is 0 Å². The van der Waals surface area contributed by atoms with Gasteiger partial charge >= 0.3 is 5.97 Å². The SMILES string of the molecule is O=C(ON1C(=O)c2ccccc2C1=O)[C@@H]1OCC[C@@H]1Cn1cccn1. The van der Waals surface area contributed by atoms with E-state index in [0.717, 1.165) is 0 Å². The van der Waals surface area contributed by atoms with Crippen molar-refractivity contribution in [2.75, 3.05) is 6.61 Å². The Labute approximate surface area is 142 Å². The van der Waals surface area contributed by atoms with Crippen molar-refractivity contribution in [2.24, 2.45) is 5.92 Å². The van der Waals surface area contributed by atoms with Crippen molar-refractivity contribution < 1.29 is 24.0 Å². The van der Waals surface area contributed by atoms with Crippen molar-refractivity contribution in [1.82, 2.24) is 14.8 Å². The minimum Gasteiger partial charge on any atom is -0.366 e. The average molecular weight is 341 g/mol. The van der Waals surface area contributed by atoms with Crippen molar-refractivity contribution in [3.8, 4) is 0 Å². The lowest BCUT2D eigenvalue weighted by atomic mass is 10.0. The minimum atomic E-state index is -0.839. The molecule has 8 nitrogen and oxygen atoms in total. The first-order valence-corrected chi connectivity index (χ1v) is 7.94. The van der Waals surface area contributed by atoms with Gasteiger partial charge in [0, 0.05) is 31.5 Å². The molecule has 0 unspecified atom stereocenters. The zero-order chi connectivity index (χ0) is 17.4. The molecule has 0 N–H and O–H groups in total. The molecule has 2 aliphatic heterocycles. The Morgan fingerprint density at radius 2 is 1.92 bits per heavy atom. The number of hydrogen-bond donors (Lipinski definition) is 0. The number of imide groups is 1. The van der Waals surface area contributed by atoms with Gasteiger partial charge in [0.05, 0.1) is 11.1 Å². The van der Waals surface area contributed by atoms with Crippen LogP contribution in [0.5, 0.6) is 0 Å². The molecule has 2 aromatic rings. The van der Waals surface area contributed by atoms with Crippen molar-refractivity contribution in [1.29, 1.82) is 0 Å². The monoisotopic (exact) mass is 341 g/mol. The van der Waals surface area contributed by atoms with E-state index < -0.39 is 23.9 Å². The number of nitrogens with zero attached hydrogens (tertiary/aromatic N) is 3. The molecule has 1 fully saturated rings. The number of amides is 2. The lowest BCUT2D eigenvalue weighted by molar-refractivity contribution is -0.181. The summed E-state index contributed by atoms with van der Waals surface area (Å²) in [5, 5.41) is 4.63. The molecule has 8 heteroatoms. The molecule has 2 amide bonds. The normalized spacial score (nSPS) is 22.3. The Morgan fingerprint density at radius 3 is 2.56 bits per heavy atom. The van der Waals surface area contributed by atoms with Crippen LogP contribution in [0.2, 0.25) is 0 Å². The molecule has 0 bridgehead atoms. The van der Waals surface area contributed by atoms with Crippen molar-refractivity contribution in [3.63, 3.8) is 0 Å². The van der Waals surface area contributed by atoms with Crippen LogP contribution in [0.4, 0.5) is 0 Å². The molecule has 2 atom stereocenters. The number of carbonyl (C=O) groups is 3. The number of fused-ring (bicyclic) bond motifs is 1. The number of rotatable bonds is 4. The van der Waals surface area contributed by atoms with Crippen LogP contribution in [0.25, 0.3) is 0 Å². The highest BCUT2D eigenvalue weighted by Crippen LogP contribution is 2.27. The van der Waals surface area contributed by atoms with E-state index in [-0.39, 0.29) is 17.0 Å². The zero-order valence-corrected chi connectivity index (χ0v) is 13.2. The molecule has 0 radical (unpaired) electrons. The zero-order valence-electron chi connectivity index (χ0n) is 13.2. The van der Waals surface area contributed by atoms with Gasteiger partial charge in [-0.2, -0.15) is 5.10 Å². The molecule has 0 spiro atoms. The molecule has 1 saturated heterocycles. The number of aromatic nitrogens is 2. The standard InChI is InChI=1S/C17H15N3O5/c21-15-12-4-1-2-5-13(12)16(22)20(15)25-17(23)14-11(6-9-24-14)10-19-8-3-7-18-19/h1-5,7-8,11,14H,6,9-10H2/t11-,14-/m1/s1. The molecule has 0 aliphatic carbocycles. The van der Waals surface area contributed by atoms with E-state index in [0.29, 0.717) is 24.6 Å². The van der Waals surface area contributed by atoms with E-state index in [4.69, 9.17) is 9.57 Å². The second-order valence-electron chi connectivity index (χ2n) is 5.93. The maximum absolute atomic E-state index is 12.5. The van der Waals surface area contributed by atoms with Gasteiger partial charge in [-0.25, -0.2) is 4.79 Å². The highest BCUT2D eigenvalue weighted by atomic mass is 16.7. The fraction of sp³-hybridized carbons (Fsp3) is 0.294. The number of benzene rings is 1. The van der Waals surface area contributed by atoms with Crippen LogP contribution in [0.3, 0.4) is 0 Å². The maximum atomic E-state index is 12.5. The summed E-state index contributed by atoms with van der Waals surface area (Å²) in [5.41, 5.74) is 0.446. The summed E-state index contributed by atoms with van der Waals surface area (Å²) in [5.74, 6) is -2.17. The highest BCUT2D eigenvalue weighted by Gasteiger charge is 2.42. The topological polar surface area (TPSA) is 90.7 Å². The van der Waals surface area contributed by atoms with Gasteiger partial charge in [-0.3, -0.25) is 14.3 Å². The Morgan fingerprint density at radius 1 is 1.20 bits per heavy atom. The van der Waals surface area contributed by atoms with Crippen molar-refractivity contribution in [3.05, 3.63) is 53.9 Å². The molecule has 128 valence electrons. The third-order valence-corrected chi connectivity index (χ3v) is 4.37. The van der Waals surface area contributed by atoms with Crippen LogP contribution in [-0.4, -0.2) is 45.3 Å². The molecule has 3 heterocycles. The van der Waals surface area contributed by atoms with Crippen LogP contribution in [0, 0.1) is 5.92 Å². The first kappa shape index (κ1) is 15.5. The van der Waals surface area contributed by atoms with Crippen LogP contribution >= 0.6 is 0 Å². The van der Waals surface area contributed by atoms with E-state index in [2.05, 4.69) is 5.10 Å². The largest absolute Gasteiger partial charge is 0.366 e. The molecule has 1 aromatic carbocycles. The van der Waals surface area contributed by atoms with Gasteiger partial charge in [-0.1, -0.05) is 17.2 Å². The summed E-state index contributed by atoms with van der Waals surface area (Å²) in [6, 6.07) is 8.14. The fourth-order valence-corrected chi connectivity index (χ4v) is 3.12. The lowest BCUT2D eigenvalue weighted by Crippen LogP contribution is -2.39. The Hall–Kier alpha value is -3.00. The van der Waals surface area contributed by atoms with Crippen LogP contribution in [-0.2, 0) is 20.9 Å². The van der Waals surface area contributed by atoms with E-state index in [1.54, 1.807) is 35.3 Å². The second-order valence-corrected chi connectivity index (χ2v) is 5.93. The summed E-state index contributed by atoms with van der Waals surface area (Å²) in [4.78, 5) is 42.1. The second kappa shape index (κ2) is 6.14. The lowest BCUT2D eigenvalue weighted by Gasteiger charge is -2.19. The van der Waals surface area contributed by atoms with Gasteiger partial charge in [0.25, 0.3) is 11.8 Å². The van der Waals surface area contributed by atoms with Crippen LogP contribution in [0.15, 0.2) is 42.7 Å². The molecule has 2 aliphatic rings. The molecule has 0 saturated carbocycles. The van der Waals surface area contributed by atoms with Gasteiger partial charge in [-0.15, -0.1) is 0 Å². The molecule has 1 aromatic heterocycles. The fourth-order valence-electron chi connectivity index (χ4n) is 3.12. The Bertz CT molecular complexity index is 798. The Kier molecular flexibility index (Phi) is 3.81. The highest BCUT2D eigenvalue weighted by molar-refractivity contribution is 6.20. The third kappa shape index (κ3) is 2.70. The van der Waals surface area contributed by atoms with Gasteiger partial charge in [0.1, 0.15) is 0 Å². The molecular weight excluding hydrogens is 326 g/mol. The van der Waals surface area contributed by atoms with Gasteiger partial charge in [0.15, 0.2) is 6.10 Å². The van der Waals surface area contributed by atoms with E-state index >= 15 is 0 Å². The molecular formula is C17H15N3O5. The number of carbonyl (C=O) groups excluding carboxylic acids is 3. The summed E-state index contributed by atoms with van der Waals surface area (Å²) < 4.78 is 7.18. The summed E-state index contributed by atoms with van der Waals surface area (Å²) in [6.45, 7) is 0.905.